The van der Waals surface area contributed by atoms with Crippen molar-refractivity contribution < 1.29 is 14.1 Å². The van der Waals surface area contributed by atoms with E-state index in [1.165, 1.54) is 0 Å². The molecular formula is C19H16ClN7O3. The second kappa shape index (κ2) is 8.62. The molecule has 0 aliphatic carbocycles. The topological polar surface area (TPSA) is 120 Å². The van der Waals surface area contributed by atoms with Crippen molar-refractivity contribution in [3.63, 3.8) is 0 Å². The van der Waals surface area contributed by atoms with Crippen molar-refractivity contribution >= 4 is 46.4 Å². The van der Waals surface area contributed by atoms with Crippen LogP contribution in [0.25, 0.3) is 11.3 Å². The Morgan fingerprint density at radius 1 is 0.967 bits per heavy atom. The van der Waals surface area contributed by atoms with E-state index in [2.05, 4.69) is 36.1 Å². The summed E-state index contributed by atoms with van der Waals surface area (Å²) in [7, 11) is 3.15. The molecule has 0 atom stereocenters. The van der Waals surface area contributed by atoms with Crippen molar-refractivity contribution in [3.05, 3.63) is 53.1 Å². The molecule has 2 N–H and O–H groups in total. The summed E-state index contributed by atoms with van der Waals surface area (Å²) in [4.78, 5) is 8.73. The van der Waals surface area contributed by atoms with Gasteiger partial charge in [0.05, 0.1) is 20.4 Å². The number of hydrazone groups is 1. The fourth-order valence-corrected chi connectivity index (χ4v) is 2.80. The summed E-state index contributed by atoms with van der Waals surface area (Å²) in [6.45, 7) is 0. The molecule has 2 heterocycles. The Balaban J connectivity index is 1.60. The minimum Gasteiger partial charge on any atom is -0.493 e. The summed E-state index contributed by atoms with van der Waals surface area (Å²) in [5.74, 6) is 1.94. The molecule has 152 valence electrons. The quantitative estimate of drug-likeness (QED) is 0.335. The van der Waals surface area contributed by atoms with Gasteiger partial charge >= 0.3 is 0 Å². The fourth-order valence-electron chi connectivity index (χ4n) is 2.61. The average Bonchev–Trinajstić information content (AvgIpc) is 3.21. The number of hydrogen-bond acceptors (Lipinski definition) is 10. The summed E-state index contributed by atoms with van der Waals surface area (Å²) < 4.78 is 15.2. The van der Waals surface area contributed by atoms with Gasteiger partial charge in [-0.05, 0) is 52.3 Å². The zero-order valence-corrected chi connectivity index (χ0v) is 16.7. The first kappa shape index (κ1) is 19.4. The van der Waals surface area contributed by atoms with E-state index in [0.717, 1.165) is 11.3 Å². The van der Waals surface area contributed by atoms with Gasteiger partial charge in [0.25, 0.3) is 0 Å². The standard InChI is InChI=1S/C19H16ClN7O3/c1-28-14-7-6-11(8-15(14)29-2)10-21-25-17-16(22-13-5-3-4-12(20)9-13)23-18-19(24-17)27-30-26-18/h3-10H,1-2H3,(H,22,23,26)(H,24,25,27)/b21-10-. The molecule has 2 aromatic carbocycles. The highest BCUT2D eigenvalue weighted by Crippen LogP contribution is 2.27. The maximum Gasteiger partial charge on any atom is 0.245 e. The largest absolute Gasteiger partial charge is 0.493 e. The first-order valence-corrected chi connectivity index (χ1v) is 9.08. The maximum atomic E-state index is 6.05. The van der Waals surface area contributed by atoms with E-state index >= 15 is 0 Å². The number of halogens is 1. The highest BCUT2D eigenvalue weighted by atomic mass is 35.5. The van der Waals surface area contributed by atoms with Crippen molar-refractivity contribution in [2.45, 2.75) is 0 Å². The molecule has 0 unspecified atom stereocenters. The molecule has 0 saturated carbocycles. The van der Waals surface area contributed by atoms with Crippen molar-refractivity contribution in [3.8, 4) is 11.5 Å². The predicted molar refractivity (Wildman–Crippen MR) is 113 cm³/mol. The Kier molecular flexibility index (Phi) is 5.57. The number of benzene rings is 2. The van der Waals surface area contributed by atoms with Crippen molar-refractivity contribution in [2.24, 2.45) is 5.10 Å². The zero-order valence-electron chi connectivity index (χ0n) is 16.0. The molecule has 4 rings (SSSR count). The molecule has 0 aliphatic rings. The summed E-state index contributed by atoms with van der Waals surface area (Å²) in [6.07, 6.45) is 1.61. The Morgan fingerprint density at radius 2 is 1.73 bits per heavy atom. The lowest BCUT2D eigenvalue weighted by atomic mass is 10.2. The number of anilines is 3. The van der Waals surface area contributed by atoms with Gasteiger partial charge in [-0.3, -0.25) is 5.43 Å². The average molecular weight is 426 g/mol. The number of nitrogens with one attached hydrogen (secondary N) is 2. The Labute approximate surface area is 175 Å². The Hall–Kier alpha value is -3.92. The van der Waals surface area contributed by atoms with Crippen LogP contribution in [-0.2, 0) is 0 Å². The van der Waals surface area contributed by atoms with Crippen LogP contribution in [-0.4, -0.2) is 40.7 Å². The number of nitrogens with zero attached hydrogens (tertiary/aromatic N) is 5. The lowest BCUT2D eigenvalue weighted by Gasteiger charge is -2.10. The van der Waals surface area contributed by atoms with Crippen LogP contribution in [0.3, 0.4) is 0 Å². The number of aromatic nitrogens is 4. The monoisotopic (exact) mass is 425 g/mol. The van der Waals surface area contributed by atoms with Gasteiger partial charge in [0.2, 0.25) is 11.3 Å². The molecule has 0 saturated heterocycles. The molecule has 11 heteroatoms. The van der Waals surface area contributed by atoms with E-state index in [1.54, 1.807) is 44.7 Å². The van der Waals surface area contributed by atoms with E-state index in [-0.39, 0.29) is 11.3 Å². The minimum atomic E-state index is 0.246. The van der Waals surface area contributed by atoms with Crippen LogP contribution >= 0.6 is 11.6 Å². The number of methoxy groups -OCH3 is 2. The van der Waals surface area contributed by atoms with Crippen LogP contribution < -0.4 is 20.2 Å². The first-order valence-electron chi connectivity index (χ1n) is 8.70. The van der Waals surface area contributed by atoms with E-state index in [4.69, 9.17) is 25.7 Å². The summed E-state index contributed by atoms with van der Waals surface area (Å²) in [5.41, 5.74) is 4.88. The Morgan fingerprint density at radius 3 is 2.47 bits per heavy atom. The molecule has 10 nitrogen and oxygen atoms in total. The van der Waals surface area contributed by atoms with Crippen LogP contribution in [0.4, 0.5) is 17.3 Å². The van der Waals surface area contributed by atoms with E-state index in [0.29, 0.717) is 28.2 Å². The van der Waals surface area contributed by atoms with Gasteiger partial charge in [0.15, 0.2) is 23.1 Å². The summed E-state index contributed by atoms with van der Waals surface area (Å²) in [6, 6.07) is 12.6. The Bertz CT molecular complexity index is 1210. The lowest BCUT2D eigenvalue weighted by Crippen LogP contribution is -2.03. The van der Waals surface area contributed by atoms with Gasteiger partial charge in [-0.1, -0.05) is 17.7 Å². The molecule has 2 aromatic heterocycles. The van der Waals surface area contributed by atoms with E-state index in [9.17, 15) is 0 Å². The van der Waals surface area contributed by atoms with Gasteiger partial charge in [-0.2, -0.15) is 10.1 Å². The maximum absolute atomic E-state index is 6.05. The second-order valence-electron chi connectivity index (χ2n) is 5.95. The third-order valence-corrected chi connectivity index (χ3v) is 4.23. The highest BCUT2D eigenvalue weighted by Gasteiger charge is 2.13. The molecular weight excluding hydrogens is 410 g/mol. The molecule has 0 radical (unpaired) electrons. The molecule has 30 heavy (non-hydrogen) atoms. The van der Waals surface area contributed by atoms with Crippen LogP contribution in [0.15, 0.2) is 52.2 Å². The number of fused-ring (bicyclic) bond motifs is 1. The lowest BCUT2D eigenvalue weighted by molar-refractivity contribution is 0.314. The SMILES string of the molecule is COc1ccc(/C=N\Nc2nc3nonc3nc2Nc2cccc(Cl)c2)cc1OC. The smallest absolute Gasteiger partial charge is 0.245 e. The fraction of sp³-hybridized carbons (Fsp3) is 0.105. The molecule has 4 aromatic rings. The summed E-state index contributed by atoms with van der Waals surface area (Å²) in [5, 5.41) is 15.4. The molecule has 0 aliphatic heterocycles. The van der Waals surface area contributed by atoms with Crippen LogP contribution in [0, 0.1) is 0 Å². The number of ether oxygens (including phenoxy) is 2. The molecule has 0 amide bonds. The first-order chi connectivity index (χ1) is 14.7. The predicted octanol–water partition coefficient (Wildman–Crippen LogP) is 3.87. The number of hydrogen-bond donors (Lipinski definition) is 2. The van der Waals surface area contributed by atoms with Gasteiger partial charge < -0.3 is 14.8 Å². The van der Waals surface area contributed by atoms with Gasteiger partial charge in [0.1, 0.15) is 0 Å². The van der Waals surface area contributed by atoms with Gasteiger partial charge in [0, 0.05) is 10.7 Å². The van der Waals surface area contributed by atoms with Gasteiger partial charge in [-0.15, -0.1) is 0 Å². The molecule has 0 spiro atoms. The van der Waals surface area contributed by atoms with Gasteiger partial charge in [-0.25, -0.2) is 9.61 Å². The third kappa shape index (κ3) is 4.23. The van der Waals surface area contributed by atoms with E-state index < -0.39 is 0 Å². The van der Waals surface area contributed by atoms with Crippen LogP contribution in [0.1, 0.15) is 5.56 Å². The number of rotatable bonds is 7. The van der Waals surface area contributed by atoms with E-state index in [1.807, 2.05) is 18.2 Å². The van der Waals surface area contributed by atoms with Crippen molar-refractivity contribution in [1.82, 2.24) is 20.3 Å². The third-order valence-electron chi connectivity index (χ3n) is 3.99. The minimum absolute atomic E-state index is 0.246. The normalized spacial score (nSPS) is 11.0. The second-order valence-corrected chi connectivity index (χ2v) is 6.39. The van der Waals surface area contributed by atoms with Crippen LogP contribution in [0.5, 0.6) is 11.5 Å². The zero-order chi connectivity index (χ0) is 20.9. The van der Waals surface area contributed by atoms with Crippen LogP contribution in [0.2, 0.25) is 5.02 Å². The van der Waals surface area contributed by atoms with Crippen molar-refractivity contribution in [2.75, 3.05) is 25.0 Å². The molecule has 0 fully saturated rings. The summed E-state index contributed by atoms with van der Waals surface area (Å²) >= 11 is 6.05. The van der Waals surface area contributed by atoms with Crippen molar-refractivity contribution in [1.29, 1.82) is 0 Å². The molecule has 0 bridgehead atoms. The highest BCUT2D eigenvalue weighted by molar-refractivity contribution is 6.30.